The van der Waals surface area contributed by atoms with Crippen molar-refractivity contribution in [2.75, 3.05) is 46.8 Å². The van der Waals surface area contributed by atoms with E-state index in [0.717, 1.165) is 25.7 Å². The Morgan fingerprint density at radius 1 is 0.920 bits per heavy atom. The third-order valence-electron chi connectivity index (χ3n) is 4.90. The van der Waals surface area contributed by atoms with Crippen LogP contribution in [-0.2, 0) is 14.4 Å². The summed E-state index contributed by atoms with van der Waals surface area (Å²) in [5.74, 6) is -0.0102. The van der Waals surface area contributed by atoms with Crippen LogP contribution in [0.15, 0.2) is 0 Å². The first kappa shape index (κ1) is 18.1. The summed E-state index contributed by atoms with van der Waals surface area (Å²) in [6.07, 6.45) is 4.24. The van der Waals surface area contributed by atoms with Crippen molar-refractivity contribution < 1.29 is 14.4 Å². The number of hydrogen-bond donors (Lipinski definition) is 2. The largest absolute Gasteiger partial charge is 0.352 e. The topological polar surface area (TPSA) is 85.0 Å². The Labute approximate surface area is 148 Å². The van der Waals surface area contributed by atoms with Gasteiger partial charge in [0.05, 0.1) is 13.1 Å². The lowest BCUT2D eigenvalue weighted by Gasteiger charge is -2.40. The second kappa shape index (κ2) is 7.70. The molecule has 3 fully saturated rings. The van der Waals surface area contributed by atoms with Crippen molar-refractivity contribution in [1.29, 1.82) is 0 Å². The van der Waals surface area contributed by atoms with Gasteiger partial charge in [-0.25, -0.2) is 0 Å². The lowest BCUT2D eigenvalue weighted by Crippen LogP contribution is -2.61. The van der Waals surface area contributed by atoms with Crippen molar-refractivity contribution in [2.24, 2.45) is 0 Å². The molecule has 25 heavy (non-hydrogen) atoms. The number of amides is 3. The van der Waals surface area contributed by atoms with Crippen LogP contribution in [0.2, 0.25) is 0 Å². The van der Waals surface area contributed by atoms with E-state index in [0.29, 0.717) is 38.3 Å². The second-order valence-corrected chi connectivity index (χ2v) is 7.64. The van der Waals surface area contributed by atoms with Gasteiger partial charge in [0.1, 0.15) is 6.04 Å². The Balaban J connectivity index is 1.55. The molecule has 8 heteroatoms. The van der Waals surface area contributed by atoms with Gasteiger partial charge in [-0.2, -0.15) is 0 Å². The number of nitrogens with zero attached hydrogens (tertiary/aromatic N) is 3. The molecule has 1 heterocycles. The van der Waals surface area contributed by atoms with Crippen LogP contribution in [0.5, 0.6) is 0 Å². The minimum Gasteiger partial charge on any atom is -0.352 e. The Morgan fingerprint density at radius 3 is 2.00 bits per heavy atom. The number of hydrogen-bond acceptors (Lipinski definition) is 5. The number of likely N-dealkylation sites (N-methyl/N-ethyl adjacent to an activating group) is 1. The molecule has 2 saturated carbocycles. The standard InChI is InChI=1S/C17H29N5O3/c1-20(2)17(25)14-9-21(10-15(23)18-12-3-4-12)7-8-22(14)11-16(24)19-13-5-6-13/h12-14H,3-11H2,1-2H3,(H,18,23)(H,19,24). The first-order chi connectivity index (χ1) is 11.9. The normalized spacial score (nSPS) is 24.6. The molecule has 3 amide bonds. The maximum absolute atomic E-state index is 12.6. The molecule has 0 radical (unpaired) electrons. The van der Waals surface area contributed by atoms with Crippen molar-refractivity contribution in [3.05, 3.63) is 0 Å². The van der Waals surface area contributed by atoms with Gasteiger partial charge in [0, 0.05) is 45.8 Å². The van der Waals surface area contributed by atoms with Gasteiger partial charge in [0.25, 0.3) is 0 Å². The van der Waals surface area contributed by atoms with Crippen LogP contribution >= 0.6 is 0 Å². The summed E-state index contributed by atoms with van der Waals surface area (Å²) in [5.41, 5.74) is 0. The quantitative estimate of drug-likeness (QED) is 0.590. The molecule has 1 atom stereocenters. The average Bonchev–Trinajstić information content (AvgIpc) is 3.45. The Bertz CT molecular complexity index is 530. The third kappa shape index (κ3) is 5.40. The van der Waals surface area contributed by atoms with Gasteiger partial charge in [-0.15, -0.1) is 0 Å². The summed E-state index contributed by atoms with van der Waals surface area (Å²) >= 11 is 0. The highest BCUT2D eigenvalue weighted by molar-refractivity contribution is 5.84. The van der Waals surface area contributed by atoms with E-state index >= 15 is 0 Å². The van der Waals surface area contributed by atoms with E-state index in [1.807, 2.05) is 9.80 Å². The zero-order valence-corrected chi connectivity index (χ0v) is 15.2. The van der Waals surface area contributed by atoms with E-state index in [9.17, 15) is 14.4 Å². The smallest absolute Gasteiger partial charge is 0.240 e. The van der Waals surface area contributed by atoms with Gasteiger partial charge in [-0.3, -0.25) is 24.2 Å². The molecule has 140 valence electrons. The number of carbonyl (C=O) groups excluding carboxylic acids is 3. The summed E-state index contributed by atoms with van der Waals surface area (Å²) in [7, 11) is 3.45. The summed E-state index contributed by atoms with van der Waals surface area (Å²) < 4.78 is 0. The minimum absolute atomic E-state index is 0.0148. The molecule has 1 saturated heterocycles. The number of piperazine rings is 1. The van der Waals surface area contributed by atoms with E-state index in [2.05, 4.69) is 10.6 Å². The van der Waals surface area contributed by atoms with E-state index in [1.54, 1.807) is 19.0 Å². The van der Waals surface area contributed by atoms with Crippen LogP contribution in [0.1, 0.15) is 25.7 Å². The fourth-order valence-electron chi connectivity index (χ4n) is 3.13. The first-order valence-corrected chi connectivity index (χ1v) is 9.18. The molecule has 3 rings (SSSR count). The Kier molecular flexibility index (Phi) is 5.58. The highest BCUT2D eigenvalue weighted by Crippen LogP contribution is 2.20. The van der Waals surface area contributed by atoms with Gasteiger partial charge in [0.15, 0.2) is 0 Å². The lowest BCUT2D eigenvalue weighted by molar-refractivity contribution is -0.139. The summed E-state index contributed by atoms with van der Waals surface area (Å²) in [5, 5.41) is 5.96. The Hall–Kier alpha value is -1.67. The molecular weight excluding hydrogens is 322 g/mol. The SMILES string of the molecule is CN(C)C(=O)C1CN(CC(=O)NC2CC2)CCN1CC(=O)NC1CC1. The molecule has 0 aromatic rings. The van der Waals surface area contributed by atoms with Gasteiger partial charge in [-0.05, 0) is 25.7 Å². The predicted octanol–water partition coefficient (Wildman–Crippen LogP) is -1.38. The number of rotatable bonds is 7. The Morgan fingerprint density at radius 2 is 1.48 bits per heavy atom. The van der Waals surface area contributed by atoms with E-state index in [-0.39, 0.29) is 30.3 Å². The van der Waals surface area contributed by atoms with E-state index < -0.39 is 0 Å². The van der Waals surface area contributed by atoms with Crippen molar-refractivity contribution in [3.8, 4) is 0 Å². The highest BCUT2D eigenvalue weighted by atomic mass is 16.2. The fourth-order valence-corrected chi connectivity index (χ4v) is 3.13. The van der Waals surface area contributed by atoms with Gasteiger partial charge in [-0.1, -0.05) is 0 Å². The van der Waals surface area contributed by atoms with Crippen LogP contribution in [0, 0.1) is 0 Å². The number of nitrogens with one attached hydrogen (secondary N) is 2. The van der Waals surface area contributed by atoms with Gasteiger partial charge in [0.2, 0.25) is 17.7 Å². The summed E-state index contributed by atoms with van der Waals surface area (Å²) in [6.45, 7) is 2.33. The predicted molar refractivity (Wildman–Crippen MR) is 92.8 cm³/mol. The van der Waals surface area contributed by atoms with Crippen LogP contribution < -0.4 is 10.6 Å². The van der Waals surface area contributed by atoms with Crippen LogP contribution in [0.3, 0.4) is 0 Å². The monoisotopic (exact) mass is 351 g/mol. The maximum atomic E-state index is 12.6. The second-order valence-electron chi connectivity index (χ2n) is 7.64. The molecule has 2 N–H and O–H groups in total. The molecule has 1 aliphatic heterocycles. The lowest BCUT2D eigenvalue weighted by atomic mass is 10.1. The van der Waals surface area contributed by atoms with E-state index in [4.69, 9.17) is 0 Å². The molecule has 1 unspecified atom stereocenters. The third-order valence-corrected chi connectivity index (χ3v) is 4.90. The molecule has 8 nitrogen and oxygen atoms in total. The zero-order chi connectivity index (χ0) is 18.0. The molecule has 0 aromatic heterocycles. The molecule has 2 aliphatic carbocycles. The summed E-state index contributed by atoms with van der Waals surface area (Å²) in [4.78, 5) is 42.2. The van der Waals surface area contributed by atoms with Crippen molar-refractivity contribution in [2.45, 2.75) is 43.8 Å². The van der Waals surface area contributed by atoms with Gasteiger partial charge < -0.3 is 15.5 Å². The van der Waals surface area contributed by atoms with Crippen LogP contribution in [-0.4, -0.2) is 97.4 Å². The van der Waals surface area contributed by atoms with Crippen molar-refractivity contribution in [1.82, 2.24) is 25.3 Å². The molecular formula is C17H29N5O3. The van der Waals surface area contributed by atoms with Crippen LogP contribution in [0.25, 0.3) is 0 Å². The fraction of sp³-hybridized carbons (Fsp3) is 0.824. The summed E-state index contributed by atoms with van der Waals surface area (Å²) in [6, 6.07) is 0.282. The number of carbonyl (C=O) groups is 3. The average molecular weight is 351 g/mol. The van der Waals surface area contributed by atoms with Crippen molar-refractivity contribution >= 4 is 17.7 Å². The van der Waals surface area contributed by atoms with Gasteiger partial charge >= 0.3 is 0 Å². The van der Waals surface area contributed by atoms with Crippen LogP contribution in [0.4, 0.5) is 0 Å². The first-order valence-electron chi connectivity index (χ1n) is 9.18. The van der Waals surface area contributed by atoms with Crippen molar-refractivity contribution in [3.63, 3.8) is 0 Å². The van der Waals surface area contributed by atoms with E-state index in [1.165, 1.54) is 0 Å². The molecule has 3 aliphatic rings. The highest BCUT2D eigenvalue weighted by Gasteiger charge is 2.36. The molecule has 0 aromatic carbocycles. The maximum Gasteiger partial charge on any atom is 0.240 e. The zero-order valence-electron chi connectivity index (χ0n) is 15.2. The molecule has 0 spiro atoms. The molecule has 0 bridgehead atoms. The minimum atomic E-state index is -0.387.